The van der Waals surface area contributed by atoms with Crippen LogP contribution >= 0.6 is 0 Å². The molecule has 0 rings (SSSR count). The van der Waals surface area contributed by atoms with Crippen molar-refractivity contribution < 1.29 is 44.3 Å². The monoisotopic (exact) mass is 238 g/mol. The van der Waals surface area contributed by atoms with Crippen molar-refractivity contribution in [1.82, 2.24) is 0 Å². The quantitative estimate of drug-likeness (QED) is 0.345. The van der Waals surface area contributed by atoms with E-state index in [0.717, 1.165) is 0 Å². The van der Waals surface area contributed by atoms with Crippen molar-refractivity contribution in [3.63, 3.8) is 0 Å². The molecule has 0 heterocycles. The Hall–Kier alpha value is 0.130. The Bertz CT molecular complexity index is 99.3. The molecule has 0 bridgehead atoms. The Morgan fingerprint density at radius 1 is 1.11 bits per heavy atom. The second-order valence-corrected chi connectivity index (χ2v) is 0.883. The first-order valence-corrected chi connectivity index (χ1v) is 1.44. The molecule has 0 radical (unpaired) electrons. The second-order valence-electron chi connectivity index (χ2n) is 0.883. The van der Waals surface area contributed by atoms with Crippen LogP contribution in [-0.4, -0.2) is 6.18 Å². The Labute approximate surface area is 63.2 Å². The van der Waals surface area contributed by atoms with Crippen molar-refractivity contribution in [2.75, 3.05) is 0 Å². The fourth-order valence-corrected chi connectivity index (χ4v) is 0.107. The average molecular weight is 239 g/mol. The van der Waals surface area contributed by atoms with E-state index in [0.29, 0.717) is 0 Å². The molecule has 0 aliphatic carbocycles. The fourth-order valence-electron chi connectivity index (χ4n) is 0.107. The van der Waals surface area contributed by atoms with Crippen LogP contribution in [-0.2, 0) is 22.4 Å². The van der Waals surface area contributed by atoms with Gasteiger partial charge in [-0.25, -0.2) is 22.0 Å². The van der Waals surface area contributed by atoms with Crippen molar-refractivity contribution in [2.45, 2.75) is 6.18 Å². The summed E-state index contributed by atoms with van der Waals surface area (Å²) >= 11 is 0. The van der Waals surface area contributed by atoms with Gasteiger partial charge in [0.1, 0.15) is 0 Å². The third kappa shape index (κ3) is 11.6. The van der Waals surface area contributed by atoms with E-state index in [1.54, 1.807) is 0 Å². The van der Waals surface area contributed by atoms with Crippen molar-refractivity contribution in [2.24, 2.45) is 0 Å². The van der Waals surface area contributed by atoms with E-state index in [2.05, 4.69) is 0 Å². The van der Waals surface area contributed by atoms with Gasteiger partial charge in [-0.2, -0.15) is 0 Å². The predicted molar refractivity (Wildman–Crippen MR) is 15.0 cm³/mol. The summed E-state index contributed by atoms with van der Waals surface area (Å²) < 4.78 is 53.3. The second kappa shape index (κ2) is 4.03. The summed E-state index contributed by atoms with van der Waals surface area (Å²) in [7, 11) is 0. The largest absolute Gasteiger partial charge is 1.00 e. The van der Waals surface area contributed by atoms with Gasteiger partial charge in [0.05, 0.1) is 6.08 Å². The van der Waals surface area contributed by atoms with Crippen LogP contribution in [0.1, 0.15) is 0 Å². The molecule has 0 aliphatic heterocycles. The van der Waals surface area contributed by atoms with Crippen LogP contribution in [0.3, 0.4) is 0 Å². The Morgan fingerprint density at radius 3 is 1.44 bits per heavy atom. The summed E-state index contributed by atoms with van der Waals surface area (Å²) in [5, 5.41) is 0. The summed E-state index contributed by atoms with van der Waals surface area (Å²) in [6.45, 7) is 0. The Morgan fingerprint density at radius 2 is 1.44 bits per heavy atom. The van der Waals surface area contributed by atoms with Gasteiger partial charge in [-0.15, -0.1) is 0 Å². The molecule has 0 aromatic rings. The maximum absolute atomic E-state index is 10.7. The minimum Gasteiger partial charge on any atom is -0.320 e. The molecule has 0 aliphatic rings. The van der Waals surface area contributed by atoms with Crippen molar-refractivity contribution in [3.8, 4) is 0 Å². The van der Waals surface area contributed by atoms with Crippen LogP contribution in [0.2, 0.25) is 0 Å². The molecule has 0 saturated carbocycles. The van der Waals surface area contributed by atoms with Crippen LogP contribution in [0.15, 0.2) is 6.08 Å². The van der Waals surface area contributed by atoms with Gasteiger partial charge in [0.15, 0.2) is 0 Å². The SMILES string of the molecule is FC(F)=[C-]C(F)(F)F.[Ag+]. The van der Waals surface area contributed by atoms with Gasteiger partial charge in [-0.3, -0.25) is 0 Å². The fraction of sp³-hybridized carbons (Fsp3) is 0.333. The van der Waals surface area contributed by atoms with Crippen LogP contribution in [0.25, 0.3) is 0 Å². The van der Waals surface area contributed by atoms with Gasteiger partial charge >= 0.3 is 22.4 Å². The summed E-state index contributed by atoms with van der Waals surface area (Å²) in [5.74, 6) is 0. The van der Waals surface area contributed by atoms with Crippen LogP contribution in [0, 0.1) is 6.08 Å². The molecule has 0 N–H and O–H groups in total. The van der Waals surface area contributed by atoms with Crippen LogP contribution < -0.4 is 0 Å². The van der Waals surface area contributed by atoms with Gasteiger partial charge in [-0.1, -0.05) is 0 Å². The molecule has 0 unspecified atom stereocenters. The summed E-state index contributed by atoms with van der Waals surface area (Å²) in [4.78, 5) is 0. The number of hydrogen-bond acceptors (Lipinski definition) is 0. The maximum atomic E-state index is 10.7. The van der Waals surface area contributed by atoms with E-state index < -0.39 is 12.3 Å². The smallest absolute Gasteiger partial charge is 0.320 e. The molecule has 9 heavy (non-hydrogen) atoms. The minimum absolute atomic E-state index is 0. The van der Waals surface area contributed by atoms with E-state index in [-0.39, 0.29) is 28.5 Å². The van der Waals surface area contributed by atoms with Crippen molar-refractivity contribution >= 4 is 0 Å². The summed E-state index contributed by atoms with van der Waals surface area (Å²) in [6.07, 6.45) is -7.90. The average Bonchev–Trinajstić information content (AvgIpc) is 1.21. The number of rotatable bonds is 0. The van der Waals surface area contributed by atoms with E-state index in [1.807, 2.05) is 0 Å². The van der Waals surface area contributed by atoms with Gasteiger partial charge in [0, 0.05) is 0 Å². The first-order chi connectivity index (χ1) is 3.42. The zero-order valence-electron chi connectivity index (χ0n) is 3.69. The van der Waals surface area contributed by atoms with Crippen molar-refractivity contribution in [1.29, 1.82) is 0 Å². The van der Waals surface area contributed by atoms with Gasteiger partial charge in [-0.05, 0) is 0 Å². The van der Waals surface area contributed by atoms with Gasteiger partial charge in [0.25, 0.3) is 6.18 Å². The third-order valence-electron chi connectivity index (χ3n) is 0.236. The van der Waals surface area contributed by atoms with E-state index in [9.17, 15) is 22.0 Å². The van der Waals surface area contributed by atoms with Gasteiger partial charge < -0.3 is 6.08 Å². The number of allylic oxidation sites excluding steroid dienone is 1. The van der Waals surface area contributed by atoms with Crippen molar-refractivity contribution in [3.05, 3.63) is 12.2 Å². The number of alkyl halides is 3. The molecular weight excluding hydrogens is 239 g/mol. The molecule has 0 aromatic heterocycles. The maximum Gasteiger partial charge on any atom is 1.00 e. The molecule has 0 saturated heterocycles. The molecule has 6 heteroatoms. The first kappa shape index (κ1) is 11.9. The minimum atomic E-state index is -5.02. The molecule has 0 nitrogen and oxygen atoms in total. The normalized spacial score (nSPS) is 9.89. The number of halogens is 5. The molecule has 0 aromatic carbocycles. The molecule has 58 valence electrons. The molecule has 0 fully saturated rings. The summed E-state index contributed by atoms with van der Waals surface area (Å²) in [5.41, 5.74) is 0. The van der Waals surface area contributed by atoms with E-state index >= 15 is 0 Å². The van der Waals surface area contributed by atoms with Gasteiger partial charge in [0.2, 0.25) is 0 Å². The van der Waals surface area contributed by atoms with E-state index in [4.69, 9.17) is 0 Å². The molecule has 0 amide bonds. The molecule has 0 spiro atoms. The molecule has 0 atom stereocenters. The molecular formula is C3AgF5. The third-order valence-corrected chi connectivity index (χ3v) is 0.236. The summed E-state index contributed by atoms with van der Waals surface area (Å²) in [6, 6.07) is 0. The van der Waals surface area contributed by atoms with Crippen LogP contribution in [0.4, 0.5) is 22.0 Å². The standard InChI is InChI=1S/C3F5.Ag/c4-2(5)1-3(6,7)8;/q-1;+1. The zero-order chi connectivity index (χ0) is 6.78. The Balaban J connectivity index is 0. The number of hydrogen-bond donors (Lipinski definition) is 0. The zero-order valence-corrected chi connectivity index (χ0v) is 5.17. The van der Waals surface area contributed by atoms with Crippen LogP contribution in [0.5, 0.6) is 0 Å². The van der Waals surface area contributed by atoms with E-state index in [1.165, 1.54) is 0 Å². The predicted octanol–water partition coefficient (Wildman–Crippen LogP) is 2.13. The first-order valence-electron chi connectivity index (χ1n) is 1.44. The Kier molecular flexibility index (Phi) is 5.31. The topological polar surface area (TPSA) is 0 Å².